The summed E-state index contributed by atoms with van der Waals surface area (Å²) in [4.78, 5) is 29.7. The molecule has 26 heavy (non-hydrogen) atoms. The number of hydrogen-bond donors (Lipinski definition) is 2. The number of anilines is 1. The number of thiazole rings is 1. The predicted molar refractivity (Wildman–Crippen MR) is 92.3 cm³/mol. The third kappa shape index (κ3) is 3.98. The molecule has 2 N–H and O–H groups in total. The lowest BCUT2D eigenvalue weighted by atomic mass is 10.1. The normalized spacial score (nSPS) is 16.7. The summed E-state index contributed by atoms with van der Waals surface area (Å²) in [5.74, 6) is -2.71. The topological polar surface area (TPSA) is 82.5 Å². The Balaban J connectivity index is 1.66. The number of carboxylic acids is 1. The molecule has 2 aromatic rings. The number of likely N-dealkylation sites (tertiary alicyclic amines) is 1. The molecule has 0 bridgehead atoms. The second-order valence-corrected chi connectivity index (χ2v) is 7.22. The summed E-state index contributed by atoms with van der Waals surface area (Å²) in [6.07, 6.45) is 0.672. The molecule has 0 saturated carbocycles. The molecule has 1 aliphatic rings. The number of rotatable bonds is 4. The first-order valence-electron chi connectivity index (χ1n) is 8.02. The molecule has 1 fully saturated rings. The van der Waals surface area contributed by atoms with Crippen molar-refractivity contribution in [1.29, 1.82) is 0 Å². The summed E-state index contributed by atoms with van der Waals surface area (Å²) in [6.45, 7) is 2.29. The summed E-state index contributed by atoms with van der Waals surface area (Å²) in [5, 5.41) is 12.0. The number of carbonyl (C=O) groups excluding carboxylic acids is 1. The van der Waals surface area contributed by atoms with Gasteiger partial charge in [0.25, 0.3) is 0 Å². The lowest BCUT2D eigenvalue weighted by molar-refractivity contribution is -0.141. The maximum Gasteiger partial charge on any atom is 0.323 e. The SMILES string of the molecule is Cc1nc(NC(=O)N2CCC(C(=O)O)C2)sc1Cc1ccc(F)cc1F. The van der Waals surface area contributed by atoms with Crippen molar-refractivity contribution in [2.24, 2.45) is 5.92 Å². The molecule has 1 aromatic heterocycles. The number of aromatic nitrogens is 1. The molecule has 1 saturated heterocycles. The van der Waals surface area contributed by atoms with Crippen LogP contribution in [0.4, 0.5) is 18.7 Å². The van der Waals surface area contributed by atoms with Gasteiger partial charge in [-0.05, 0) is 25.0 Å². The van der Waals surface area contributed by atoms with Crippen molar-refractivity contribution in [2.75, 3.05) is 18.4 Å². The molecule has 2 amide bonds. The van der Waals surface area contributed by atoms with Gasteiger partial charge < -0.3 is 10.0 Å². The molecule has 6 nitrogen and oxygen atoms in total. The minimum absolute atomic E-state index is 0.166. The van der Waals surface area contributed by atoms with Gasteiger partial charge in [0.05, 0.1) is 11.6 Å². The molecule has 1 atom stereocenters. The Morgan fingerprint density at radius 2 is 2.19 bits per heavy atom. The Morgan fingerprint density at radius 3 is 2.85 bits per heavy atom. The van der Waals surface area contributed by atoms with Gasteiger partial charge in [0.1, 0.15) is 11.6 Å². The summed E-state index contributed by atoms with van der Waals surface area (Å²) >= 11 is 1.21. The van der Waals surface area contributed by atoms with Crippen molar-refractivity contribution in [1.82, 2.24) is 9.88 Å². The van der Waals surface area contributed by atoms with E-state index in [4.69, 9.17) is 5.11 Å². The molecular weight excluding hydrogens is 364 g/mol. The van der Waals surface area contributed by atoms with Crippen LogP contribution in [0.5, 0.6) is 0 Å². The maximum atomic E-state index is 13.8. The number of benzene rings is 1. The summed E-state index contributed by atoms with van der Waals surface area (Å²) in [7, 11) is 0. The van der Waals surface area contributed by atoms with Gasteiger partial charge in [-0.3, -0.25) is 10.1 Å². The Bertz CT molecular complexity index is 856. The fraction of sp³-hybridized carbons (Fsp3) is 0.353. The van der Waals surface area contributed by atoms with Crippen molar-refractivity contribution in [3.8, 4) is 0 Å². The highest BCUT2D eigenvalue weighted by molar-refractivity contribution is 7.15. The van der Waals surface area contributed by atoms with Gasteiger partial charge in [0.2, 0.25) is 0 Å². The van der Waals surface area contributed by atoms with E-state index in [9.17, 15) is 18.4 Å². The smallest absolute Gasteiger partial charge is 0.323 e. The van der Waals surface area contributed by atoms with Crippen LogP contribution in [-0.4, -0.2) is 40.1 Å². The number of aryl methyl sites for hydroxylation is 1. The van der Waals surface area contributed by atoms with Crippen molar-refractivity contribution in [2.45, 2.75) is 19.8 Å². The van der Waals surface area contributed by atoms with E-state index in [1.807, 2.05) is 0 Å². The van der Waals surface area contributed by atoms with E-state index in [0.29, 0.717) is 29.4 Å². The lowest BCUT2D eigenvalue weighted by Crippen LogP contribution is -2.33. The summed E-state index contributed by atoms with van der Waals surface area (Å²) < 4.78 is 26.8. The summed E-state index contributed by atoms with van der Waals surface area (Å²) in [6, 6.07) is 3.02. The fourth-order valence-corrected chi connectivity index (χ4v) is 3.78. The zero-order chi connectivity index (χ0) is 18.8. The van der Waals surface area contributed by atoms with Crippen molar-refractivity contribution < 1.29 is 23.5 Å². The number of aliphatic carboxylic acids is 1. The summed E-state index contributed by atoms with van der Waals surface area (Å²) in [5.41, 5.74) is 0.999. The van der Waals surface area contributed by atoms with Crippen molar-refractivity contribution in [3.05, 3.63) is 46.0 Å². The number of halogens is 2. The quantitative estimate of drug-likeness (QED) is 0.852. The van der Waals surface area contributed by atoms with Crippen LogP contribution in [0, 0.1) is 24.5 Å². The largest absolute Gasteiger partial charge is 0.481 e. The second kappa shape index (κ2) is 7.36. The molecule has 0 aliphatic carbocycles. The standard InChI is InChI=1S/C17H17F2N3O3S/c1-9-14(6-10-2-3-12(18)7-13(10)19)26-16(20-9)21-17(25)22-5-4-11(8-22)15(23)24/h2-3,7,11H,4-6,8H2,1H3,(H,23,24)(H,20,21,25). The first-order valence-corrected chi connectivity index (χ1v) is 8.84. The Labute approximate surface area is 152 Å². The minimum atomic E-state index is -0.908. The van der Waals surface area contributed by atoms with Crippen LogP contribution in [0.3, 0.4) is 0 Å². The van der Waals surface area contributed by atoms with Crippen molar-refractivity contribution >= 4 is 28.5 Å². The molecule has 3 rings (SSSR count). The van der Waals surface area contributed by atoms with E-state index in [0.717, 1.165) is 10.9 Å². The molecule has 138 valence electrons. The molecular formula is C17H17F2N3O3S. The van der Waals surface area contributed by atoms with Crippen LogP contribution in [0.2, 0.25) is 0 Å². The molecule has 0 spiro atoms. The first-order chi connectivity index (χ1) is 12.3. The van der Waals surface area contributed by atoms with Crippen LogP contribution in [0.15, 0.2) is 18.2 Å². The van der Waals surface area contributed by atoms with E-state index in [-0.39, 0.29) is 13.0 Å². The highest BCUT2D eigenvalue weighted by Crippen LogP contribution is 2.27. The van der Waals surface area contributed by atoms with E-state index in [1.165, 1.54) is 28.4 Å². The Kier molecular flexibility index (Phi) is 5.17. The molecule has 9 heteroatoms. The zero-order valence-corrected chi connectivity index (χ0v) is 14.8. The monoisotopic (exact) mass is 381 g/mol. The maximum absolute atomic E-state index is 13.8. The highest BCUT2D eigenvalue weighted by atomic mass is 32.1. The molecule has 1 unspecified atom stereocenters. The zero-order valence-electron chi connectivity index (χ0n) is 14.0. The van der Waals surface area contributed by atoms with E-state index in [1.54, 1.807) is 6.92 Å². The number of urea groups is 1. The lowest BCUT2D eigenvalue weighted by Gasteiger charge is -2.15. The Hall–Kier alpha value is -2.55. The van der Waals surface area contributed by atoms with Crippen LogP contribution in [-0.2, 0) is 11.2 Å². The average molecular weight is 381 g/mol. The first kappa shape index (κ1) is 18.2. The van der Waals surface area contributed by atoms with Gasteiger partial charge in [0, 0.05) is 30.5 Å². The van der Waals surface area contributed by atoms with Gasteiger partial charge in [0.15, 0.2) is 5.13 Å². The number of hydrogen-bond acceptors (Lipinski definition) is 4. The predicted octanol–water partition coefficient (Wildman–Crippen LogP) is 3.26. The van der Waals surface area contributed by atoms with Gasteiger partial charge in [-0.1, -0.05) is 6.07 Å². The molecule has 2 heterocycles. The molecule has 0 radical (unpaired) electrons. The number of nitrogens with zero attached hydrogens (tertiary/aromatic N) is 2. The molecule has 1 aromatic carbocycles. The minimum Gasteiger partial charge on any atom is -0.481 e. The molecule has 1 aliphatic heterocycles. The van der Waals surface area contributed by atoms with Crippen molar-refractivity contribution in [3.63, 3.8) is 0 Å². The van der Waals surface area contributed by atoms with E-state index >= 15 is 0 Å². The van der Waals surface area contributed by atoms with Gasteiger partial charge in [-0.25, -0.2) is 18.6 Å². The van der Waals surface area contributed by atoms with Crippen LogP contribution in [0.25, 0.3) is 0 Å². The van der Waals surface area contributed by atoms with E-state index in [2.05, 4.69) is 10.3 Å². The van der Waals surface area contributed by atoms with E-state index < -0.39 is 29.6 Å². The van der Waals surface area contributed by atoms with Gasteiger partial charge in [-0.15, -0.1) is 11.3 Å². The third-order valence-corrected chi connectivity index (χ3v) is 5.37. The Morgan fingerprint density at radius 1 is 1.42 bits per heavy atom. The highest BCUT2D eigenvalue weighted by Gasteiger charge is 2.31. The third-order valence-electron chi connectivity index (χ3n) is 4.30. The van der Waals surface area contributed by atoms with Gasteiger partial charge in [-0.2, -0.15) is 0 Å². The van der Waals surface area contributed by atoms with Crippen LogP contribution >= 0.6 is 11.3 Å². The second-order valence-electron chi connectivity index (χ2n) is 6.14. The number of nitrogens with one attached hydrogen (secondary N) is 1. The number of carbonyl (C=O) groups is 2. The average Bonchev–Trinajstić information content (AvgIpc) is 3.18. The fourth-order valence-electron chi connectivity index (χ4n) is 2.80. The van der Waals surface area contributed by atoms with Gasteiger partial charge >= 0.3 is 12.0 Å². The van der Waals surface area contributed by atoms with Crippen LogP contribution in [0.1, 0.15) is 22.6 Å². The van der Waals surface area contributed by atoms with Crippen LogP contribution < -0.4 is 5.32 Å². The number of carboxylic acid groups (broad SMARTS) is 1. The number of amides is 2.